The van der Waals surface area contributed by atoms with E-state index in [1.807, 2.05) is 13.0 Å². The number of halogens is 1. The smallest absolute Gasteiger partial charge is 0.243 e. The van der Waals surface area contributed by atoms with E-state index in [-0.39, 0.29) is 23.3 Å². The molecule has 0 spiro atoms. The summed E-state index contributed by atoms with van der Waals surface area (Å²) >= 11 is 5.83. The number of hydrogen-bond acceptors (Lipinski definition) is 6. The molecule has 168 valence electrons. The van der Waals surface area contributed by atoms with Gasteiger partial charge in [-0.2, -0.15) is 4.31 Å². The zero-order chi connectivity index (χ0) is 22.8. The molecule has 31 heavy (non-hydrogen) atoms. The molecule has 1 fully saturated rings. The summed E-state index contributed by atoms with van der Waals surface area (Å²) in [7, 11) is -2.35. The number of amides is 1. The first-order chi connectivity index (χ1) is 14.6. The molecule has 3 rings (SSSR count). The van der Waals surface area contributed by atoms with E-state index in [9.17, 15) is 13.2 Å². The van der Waals surface area contributed by atoms with Crippen molar-refractivity contribution >= 4 is 33.3 Å². The van der Waals surface area contributed by atoms with Gasteiger partial charge >= 0.3 is 0 Å². The minimum absolute atomic E-state index is 0.108. The molecular formula is C21H28ClN5O3S. The van der Waals surface area contributed by atoms with Gasteiger partial charge in [0.05, 0.1) is 11.4 Å². The summed E-state index contributed by atoms with van der Waals surface area (Å²) in [5.41, 5.74) is 0.918. The first-order valence-electron chi connectivity index (χ1n) is 10.2. The number of carbonyl (C=O) groups excluding carboxylic acids is 1. The first-order valence-corrected chi connectivity index (χ1v) is 12.0. The highest BCUT2D eigenvalue weighted by atomic mass is 35.5. The topological polar surface area (TPSA) is 86.7 Å². The molecule has 1 aromatic heterocycles. The minimum Gasteiger partial charge on any atom is -0.353 e. The van der Waals surface area contributed by atoms with Crippen molar-refractivity contribution in [2.24, 2.45) is 0 Å². The number of aryl methyl sites for hydroxylation is 1. The number of hydrogen-bond donors (Lipinski definition) is 0. The molecule has 0 saturated carbocycles. The van der Waals surface area contributed by atoms with Crippen LogP contribution in [0.15, 0.2) is 35.2 Å². The summed E-state index contributed by atoms with van der Waals surface area (Å²) in [6.45, 7) is 8.14. The van der Waals surface area contributed by atoms with Crippen LogP contribution < -0.4 is 4.90 Å². The summed E-state index contributed by atoms with van der Waals surface area (Å²) in [5, 5.41) is 0.454. The van der Waals surface area contributed by atoms with E-state index in [1.54, 1.807) is 4.90 Å². The van der Waals surface area contributed by atoms with Crippen molar-refractivity contribution in [3.63, 3.8) is 0 Å². The molecule has 1 amide bonds. The standard InChI is InChI=1S/C21H28ClN5O3S/c1-15(2)21-23-16(3)13-19(24-21)26-9-11-27(12-10-26)20(28)14-25(4)31(29,30)18-7-5-17(22)6-8-18/h5-8,13,15H,9-12,14H2,1-4H3. The van der Waals surface area contributed by atoms with E-state index in [1.165, 1.54) is 31.3 Å². The largest absolute Gasteiger partial charge is 0.353 e. The predicted octanol–water partition coefficient (Wildman–Crippen LogP) is 2.53. The second-order valence-electron chi connectivity index (χ2n) is 7.96. The van der Waals surface area contributed by atoms with Crippen LogP contribution in [0.25, 0.3) is 0 Å². The predicted molar refractivity (Wildman–Crippen MR) is 121 cm³/mol. The van der Waals surface area contributed by atoms with Crippen molar-refractivity contribution < 1.29 is 13.2 Å². The molecule has 0 aliphatic carbocycles. The van der Waals surface area contributed by atoms with Crippen LogP contribution in [0.3, 0.4) is 0 Å². The minimum atomic E-state index is -3.76. The zero-order valence-corrected chi connectivity index (χ0v) is 19.8. The third-order valence-corrected chi connectivity index (χ3v) is 7.28. The second-order valence-corrected chi connectivity index (χ2v) is 10.4. The lowest BCUT2D eigenvalue weighted by atomic mass is 10.2. The molecule has 1 aliphatic rings. The van der Waals surface area contributed by atoms with Gasteiger partial charge in [0.25, 0.3) is 0 Å². The third-order valence-electron chi connectivity index (χ3n) is 5.21. The van der Waals surface area contributed by atoms with E-state index in [4.69, 9.17) is 11.6 Å². The molecule has 10 heteroatoms. The SMILES string of the molecule is Cc1cc(N2CCN(C(=O)CN(C)S(=O)(=O)c3ccc(Cl)cc3)CC2)nc(C(C)C)n1. The number of carbonyl (C=O) groups is 1. The van der Waals surface area contributed by atoms with Gasteiger partial charge in [-0.15, -0.1) is 0 Å². The summed E-state index contributed by atoms with van der Waals surface area (Å²) in [5.74, 6) is 1.69. The number of rotatable bonds is 6. The monoisotopic (exact) mass is 465 g/mol. The highest BCUT2D eigenvalue weighted by molar-refractivity contribution is 7.89. The van der Waals surface area contributed by atoms with Gasteiger partial charge in [-0.25, -0.2) is 18.4 Å². The van der Waals surface area contributed by atoms with Gasteiger partial charge < -0.3 is 9.80 Å². The van der Waals surface area contributed by atoms with Crippen LogP contribution in [0.1, 0.15) is 31.3 Å². The van der Waals surface area contributed by atoms with Crippen molar-refractivity contribution in [2.45, 2.75) is 31.6 Å². The normalized spacial score (nSPS) is 15.1. The van der Waals surface area contributed by atoms with E-state index < -0.39 is 10.0 Å². The van der Waals surface area contributed by atoms with Gasteiger partial charge in [-0.3, -0.25) is 4.79 Å². The second kappa shape index (κ2) is 9.50. The van der Waals surface area contributed by atoms with Gasteiger partial charge in [-0.1, -0.05) is 25.4 Å². The number of benzene rings is 1. The van der Waals surface area contributed by atoms with Crippen LogP contribution in [0.2, 0.25) is 5.02 Å². The fraction of sp³-hybridized carbons (Fsp3) is 0.476. The van der Waals surface area contributed by atoms with Crippen molar-refractivity contribution in [1.82, 2.24) is 19.2 Å². The lowest BCUT2D eigenvalue weighted by Gasteiger charge is -2.36. The molecule has 1 aliphatic heterocycles. The number of sulfonamides is 1. The maximum absolute atomic E-state index is 12.7. The Labute approximate surface area is 188 Å². The Hall–Kier alpha value is -2.23. The number of anilines is 1. The fourth-order valence-electron chi connectivity index (χ4n) is 3.34. The summed E-state index contributed by atoms with van der Waals surface area (Å²) < 4.78 is 26.5. The third kappa shape index (κ3) is 5.53. The Balaban J connectivity index is 1.61. The Bertz CT molecular complexity index is 1040. The average molecular weight is 466 g/mol. The Morgan fingerprint density at radius 3 is 2.32 bits per heavy atom. The molecule has 1 aromatic carbocycles. The Morgan fingerprint density at radius 2 is 1.74 bits per heavy atom. The molecule has 0 atom stereocenters. The van der Waals surface area contributed by atoms with E-state index in [0.29, 0.717) is 31.2 Å². The van der Waals surface area contributed by atoms with Crippen LogP contribution in [0.4, 0.5) is 5.82 Å². The van der Waals surface area contributed by atoms with Gasteiger partial charge in [0.1, 0.15) is 11.6 Å². The summed E-state index contributed by atoms with van der Waals surface area (Å²) in [4.78, 5) is 25.8. The van der Waals surface area contributed by atoms with Gasteiger partial charge in [0.15, 0.2) is 0 Å². The molecule has 8 nitrogen and oxygen atoms in total. The quantitative estimate of drug-likeness (QED) is 0.651. The number of likely N-dealkylation sites (N-methyl/N-ethyl adjacent to an activating group) is 1. The maximum atomic E-state index is 12.7. The highest BCUT2D eigenvalue weighted by Crippen LogP contribution is 2.20. The maximum Gasteiger partial charge on any atom is 0.243 e. The van der Waals surface area contributed by atoms with Gasteiger partial charge in [0, 0.05) is 55.9 Å². The van der Waals surface area contributed by atoms with Crippen LogP contribution in [-0.4, -0.2) is 73.3 Å². The Kier molecular flexibility index (Phi) is 7.18. The van der Waals surface area contributed by atoms with E-state index in [2.05, 4.69) is 28.7 Å². The molecule has 2 aromatic rings. The zero-order valence-electron chi connectivity index (χ0n) is 18.2. The van der Waals surface area contributed by atoms with Crippen molar-refractivity contribution in [2.75, 3.05) is 44.7 Å². The van der Waals surface area contributed by atoms with Crippen molar-refractivity contribution in [3.8, 4) is 0 Å². The summed E-state index contributed by atoms with van der Waals surface area (Å²) in [6, 6.07) is 7.86. The molecule has 2 heterocycles. The van der Waals surface area contributed by atoms with Crippen molar-refractivity contribution in [1.29, 1.82) is 0 Å². The van der Waals surface area contributed by atoms with E-state index >= 15 is 0 Å². The number of aromatic nitrogens is 2. The fourth-order valence-corrected chi connectivity index (χ4v) is 4.59. The van der Waals surface area contributed by atoms with Crippen LogP contribution >= 0.6 is 11.6 Å². The molecular weight excluding hydrogens is 438 g/mol. The van der Waals surface area contributed by atoms with Crippen molar-refractivity contribution in [3.05, 3.63) is 46.9 Å². The Morgan fingerprint density at radius 1 is 1.13 bits per heavy atom. The number of nitrogens with zero attached hydrogens (tertiary/aromatic N) is 5. The molecule has 0 bridgehead atoms. The molecule has 0 N–H and O–H groups in total. The molecule has 0 unspecified atom stereocenters. The van der Waals surface area contributed by atoms with Gasteiger partial charge in [0.2, 0.25) is 15.9 Å². The highest BCUT2D eigenvalue weighted by Gasteiger charge is 2.27. The first kappa shape index (κ1) is 23.4. The molecule has 0 radical (unpaired) electrons. The summed E-state index contributed by atoms with van der Waals surface area (Å²) in [6.07, 6.45) is 0. The van der Waals surface area contributed by atoms with E-state index in [0.717, 1.165) is 21.6 Å². The van der Waals surface area contributed by atoms with Crippen LogP contribution in [0.5, 0.6) is 0 Å². The number of piperazine rings is 1. The lowest BCUT2D eigenvalue weighted by molar-refractivity contribution is -0.131. The van der Waals surface area contributed by atoms with Crippen LogP contribution in [-0.2, 0) is 14.8 Å². The van der Waals surface area contributed by atoms with Gasteiger partial charge in [-0.05, 0) is 31.2 Å². The lowest BCUT2D eigenvalue weighted by Crippen LogP contribution is -2.51. The average Bonchev–Trinajstić information content (AvgIpc) is 2.73. The van der Waals surface area contributed by atoms with Crippen LogP contribution in [0, 0.1) is 6.92 Å². The molecule has 1 saturated heterocycles.